The van der Waals surface area contributed by atoms with Crippen molar-refractivity contribution in [3.8, 4) is 0 Å². The molecule has 6 heteroatoms. The highest BCUT2D eigenvalue weighted by atomic mass is 16.5. The average Bonchev–Trinajstić information content (AvgIpc) is 3.33. The van der Waals surface area contributed by atoms with Gasteiger partial charge in [-0.25, -0.2) is 0 Å². The van der Waals surface area contributed by atoms with Crippen LogP contribution in [0.4, 0.5) is 0 Å². The monoisotopic (exact) mass is 944 g/mol. The number of esters is 1. The van der Waals surface area contributed by atoms with Crippen LogP contribution >= 0.6 is 0 Å². The fourth-order valence-electron chi connectivity index (χ4n) is 9.34. The van der Waals surface area contributed by atoms with Crippen LogP contribution in [0.1, 0.15) is 328 Å². The van der Waals surface area contributed by atoms with Crippen LogP contribution < -0.4 is 5.32 Å². The van der Waals surface area contributed by atoms with Crippen molar-refractivity contribution in [1.82, 2.24) is 5.32 Å². The number of rotatable bonds is 56. The van der Waals surface area contributed by atoms with Crippen molar-refractivity contribution >= 4 is 11.9 Å². The number of allylic oxidation sites excluding steroid dienone is 4. The van der Waals surface area contributed by atoms with Crippen molar-refractivity contribution in [2.75, 3.05) is 13.2 Å². The molecule has 0 aromatic heterocycles. The molecule has 0 aliphatic rings. The third kappa shape index (κ3) is 53.5. The quantitative estimate of drug-likeness (QED) is 0.0321. The fraction of sp³-hybridized carbons (Fsp3) is 0.902. The molecule has 0 fully saturated rings. The summed E-state index contributed by atoms with van der Waals surface area (Å²) < 4.78 is 5.46. The summed E-state index contributed by atoms with van der Waals surface area (Å²) in [7, 11) is 0. The first-order valence-electron chi connectivity index (χ1n) is 30.1. The average molecular weight is 945 g/mol. The summed E-state index contributed by atoms with van der Waals surface area (Å²) in [4.78, 5) is 24.5. The van der Waals surface area contributed by atoms with Gasteiger partial charge >= 0.3 is 5.97 Å². The molecule has 6 nitrogen and oxygen atoms in total. The van der Waals surface area contributed by atoms with Crippen molar-refractivity contribution in [2.45, 2.75) is 341 Å². The molecule has 3 N–H and O–H groups in total. The lowest BCUT2D eigenvalue weighted by atomic mass is 10.0. The van der Waals surface area contributed by atoms with E-state index < -0.39 is 12.1 Å². The van der Waals surface area contributed by atoms with Gasteiger partial charge in [-0.15, -0.1) is 0 Å². The van der Waals surface area contributed by atoms with E-state index in [0.717, 1.165) is 57.8 Å². The van der Waals surface area contributed by atoms with Crippen LogP contribution in [0, 0.1) is 0 Å². The highest BCUT2D eigenvalue weighted by Crippen LogP contribution is 2.17. The Balaban J connectivity index is 3.46. The highest BCUT2D eigenvalue weighted by molar-refractivity contribution is 5.76. The second-order valence-corrected chi connectivity index (χ2v) is 20.7. The van der Waals surface area contributed by atoms with E-state index in [1.54, 1.807) is 0 Å². The van der Waals surface area contributed by atoms with Crippen LogP contribution in [-0.2, 0) is 14.3 Å². The summed E-state index contributed by atoms with van der Waals surface area (Å²) in [5.74, 6) is -0.0534. The van der Waals surface area contributed by atoms with Gasteiger partial charge in [0.15, 0.2) is 0 Å². The number of nitrogens with one attached hydrogen (secondary N) is 1. The Labute approximate surface area is 418 Å². The predicted octanol–water partition coefficient (Wildman–Crippen LogP) is 18.6. The maximum atomic E-state index is 12.5. The zero-order valence-corrected chi connectivity index (χ0v) is 45.1. The number of hydrogen-bond donors (Lipinski definition) is 3. The van der Waals surface area contributed by atoms with Gasteiger partial charge in [-0.05, 0) is 77.0 Å². The molecule has 1 amide bonds. The molecule has 2 unspecified atom stereocenters. The van der Waals surface area contributed by atoms with E-state index in [-0.39, 0.29) is 18.5 Å². The SMILES string of the molecule is CCCCC/C=C\CCCCCCCC(=O)OCCCCCCCCCCC/C=C\CCCCCCCC(=O)NC(CO)C(O)CCCCCCCCCCCCCCCCCCCCCC. The molecule has 0 rings (SSSR count). The van der Waals surface area contributed by atoms with Crippen molar-refractivity contribution in [3.05, 3.63) is 24.3 Å². The second-order valence-electron chi connectivity index (χ2n) is 20.7. The van der Waals surface area contributed by atoms with Gasteiger partial charge in [0, 0.05) is 12.8 Å². The topological polar surface area (TPSA) is 95.9 Å². The highest BCUT2D eigenvalue weighted by Gasteiger charge is 2.20. The first-order chi connectivity index (χ1) is 33.0. The lowest BCUT2D eigenvalue weighted by Gasteiger charge is -2.22. The molecular weight excluding hydrogens is 827 g/mol. The fourth-order valence-corrected chi connectivity index (χ4v) is 9.34. The molecule has 2 atom stereocenters. The molecule has 0 aromatic carbocycles. The number of aliphatic hydroxyl groups excluding tert-OH is 2. The number of unbranched alkanes of at least 4 members (excludes halogenated alkanes) is 41. The van der Waals surface area contributed by atoms with E-state index in [1.807, 2.05) is 0 Å². The molecule has 0 aliphatic heterocycles. The molecular formula is C61H117NO5. The summed E-state index contributed by atoms with van der Waals surface area (Å²) in [5, 5.41) is 23.3. The van der Waals surface area contributed by atoms with Crippen molar-refractivity contribution < 1.29 is 24.5 Å². The van der Waals surface area contributed by atoms with Gasteiger partial charge in [0.1, 0.15) is 0 Å². The van der Waals surface area contributed by atoms with E-state index >= 15 is 0 Å². The Kier molecular flexibility index (Phi) is 55.5. The Morgan fingerprint density at radius 2 is 0.701 bits per heavy atom. The van der Waals surface area contributed by atoms with E-state index in [9.17, 15) is 19.8 Å². The van der Waals surface area contributed by atoms with E-state index in [1.165, 1.54) is 238 Å². The predicted molar refractivity (Wildman–Crippen MR) is 292 cm³/mol. The summed E-state index contributed by atoms with van der Waals surface area (Å²) in [5.41, 5.74) is 0. The normalized spacial score (nSPS) is 12.7. The molecule has 0 saturated heterocycles. The molecule has 396 valence electrons. The van der Waals surface area contributed by atoms with Gasteiger partial charge in [-0.2, -0.15) is 0 Å². The van der Waals surface area contributed by atoms with Crippen LogP contribution in [-0.4, -0.2) is 47.4 Å². The standard InChI is InChI=1S/C61H117NO5/c1-3-5-7-9-11-13-15-17-18-19-20-21-24-27-30-33-37-41-45-49-53-59(64)58(57-63)62-60(65)54-50-46-42-38-34-31-28-25-22-23-26-29-32-36-40-44-48-52-56-67-61(66)55-51-47-43-39-35-16-14-12-10-8-6-4-2/h12,14,25,28,58-59,63-64H,3-11,13,15-24,26-27,29-57H2,1-2H3,(H,62,65)/b14-12-,28-25-. The van der Waals surface area contributed by atoms with Gasteiger partial charge in [0.25, 0.3) is 0 Å². The largest absolute Gasteiger partial charge is 0.466 e. The van der Waals surface area contributed by atoms with E-state index in [0.29, 0.717) is 25.9 Å². The molecule has 0 aromatic rings. The lowest BCUT2D eigenvalue weighted by Crippen LogP contribution is -2.45. The Morgan fingerprint density at radius 3 is 1.09 bits per heavy atom. The first-order valence-corrected chi connectivity index (χ1v) is 30.1. The summed E-state index contributed by atoms with van der Waals surface area (Å²) in [6.07, 6.45) is 68.9. The van der Waals surface area contributed by atoms with Gasteiger partial charge in [0.2, 0.25) is 5.91 Å². The first kappa shape index (κ1) is 65.3. The second kappa shape index (κ2) is 56.9. The van der Waals surface area contributed by atoms with Gasteiger partial charge < -0.3 is 20.3 Å². The number of aliphatic hydroxyl groups is 2. The number of amides is 1. The Hall–Kier alpha value is -1.66. The number of carbonyl (C=O) groups excluding carboxylic acids is 2. The van der Waals surface area contributed by atoms with Crippen LogP contribution in [0.5, 0.6) is 0 Å². The number of hydrogen-bond acceptors (Lipinski definition) is 5. The minimum Gasteiger partial charge on any atom is -0.466 e. The number of carbonyl (C=O) groups is 2. The van der Waals surface area contributed by atoms with Crippen LogP contribution in [0.2, 0.25) is 0 Å². The van der Waals surface area contributed by atoms with Crippen molar-refractivity contribution in [1.29, 1.82) is 0 Å². The van der Waals surface area contributed by atoms with Crippen LogP contribution in [0.3, 0.4) is 0 Å². The molecule has 0 radical (unpaired) electrons. The minimum atomic E-state index is -0.674. The molecule has 0 spiro atoms. The minimum absolute atomic E-state index is 0.00670. The van der Waals surface area contributed by atoms with Gasteiger partial charge in [0.05, 0.1) is 25.4 Å². The van der Waals surface area contributed by atoms with Gasteiger partial charge in [-0.3, -0.25) is 9.59 Å². The maximum Gasteiger partial charge on any atom is 0.305 e. The van der Waals surface area contributed by atoms with Crippen LogP contribution in [0.15, 0.2) is 24.3 Å². The zero-order chi connectivity index (χ0) is 48.6. The Morgan fingerprint density at radius 1 is 0.403 bits per heavy atom. The molecule has 0 bridgehead atoms. The van der Waals surface area contributed by atoms with E-state index in [4.69, 9.17) is 4.74 Å². The van der Waals surface area contributed by atoms with Gasteiger partial charge in [-0.1, -0.05) is 263 Å². The maximum absolute atomic E-state index is 12.5. The third-order valence-corrected chi connectivity index (χ3v) is 14.0. The van der Waals surface area contributed by atoms with E-state index in [2.05, 4.69) is 43.5 Å². The Bertz CT molecular complexity index is 1040. The smallest absolute Gasteiger partial charge is 0.305 e. The molecule has 0 saturated carbocycles. The number of ether oxygens (including phenoxy) is 1. The molecule has 67 heavy (non-hydrogen) atoms. The summed E-state index contributed by atoms with van der Waals surface area (Å²) in [6.45, 7) is 4.93. The summed E-state index contributed by atoms with van der Waals surface area (Å²) in [6, 6.07) is -0.552. The van der Waals surface area contributed by atoms with Crippen LogP contribution in [0.25, 0.3) is 0 Å². The third-order valence-electron chi connectivity index (χ3n) is 14.0. The summed E-state index contributed by atoms with van der Waals surface area (Å²) >= 11 is 0. The van der Waals surface area contributed by atoms with Crippen molar-refractivity contribution in [2.24, 2.45) is 0 Å². The molecule has 0 heterocycles. The zero-order valence-electron chi connectivity index (χ0n) is 45.1. The molecule has 0 aliphatic carbocycles. The van der Waals surface area contributed by atoms with Crippen molar-refractivity contribution in [3.63, 3.8) is 0 Å². The lowest BCUT2D eigenvalue weighted by molar-refractivity contribution is -0.143.